The Morgan fingerprint density at radius 2 is 1.76 bits per heavy atom. The van der Waals surface area contributed by atoms with Crippen molar-refractivity contribution in [2.45, 2.75) is 38.5 Å². The largest absolute Gasteiger partial charge is 0.277 e. The first-order chi connectivity index (χ1) is 15.7. The van der Waals surface area contributed by atoms with Crippen molar-refractivity contribution >= 4 is 27.0 Å². The first-order valence-electron chi connectivity index (χ1n) is 10.4. The molecule has 0 saturated heterocycles. The van der Waals surface area contributed by atoms with E-state index in [9.17, 15) is 8.42 Å². The Hall–Kier alpha value is -3.17. The average molecular weight is 483 g/mol. The summed E-state index contributed by atoms with van der Waals surface area (Å²) in [6, 6.07) is 12.9. The van der Waals surface area contributed by atoms with E-state index in [2.05, 4.69) is 14.7 Å². The van der Waals surface area contributed by atoms with Crippen LogP contribution in [-0.4, -0.2) is 23.4 Å². The lowest BCUT2D eigenvalue weighted by Gasteiger charge is -2.13. The van der Waals surface area contributed by atoms with Gasteiger partial charge in [0.2, 0.25) is 0 Å². The summed E-state index contributed by atoms with van der Waals surface area (Å²) in [5.74, 6) is 0.0386. The maximum Gasteiger partial charge on any atom is 0.262 e. The van der Waals surface area contributed by atoms with Crippen molar-refractivity contribution < 1.29 is 12.8 Å². The molecule has 0 aliphatic rings. The monoisotopic (exact) mass is 482 g/mol. The maximum atomic E-state index is 15.7. The lowest BCUT2D eigenvalue weighted by atomic mass is 10.1. The van der Waals surface area contributed by atoms with Crippen molar-refractivity contribution in [2.75, 3.05) is 4.72 Å². The van der Waals surface area contributed by atoms with Crippen LogP contribution in [-0.2, 0) is 10.0 Å². The number of rotatable bonds is 6. The Kier molecular flexibility index (Phi) is 6.27. The van der Waals surface area contributed by atoms with Gasteiger partial charge in [0.25, 0.3) is 10.0 Å². The van der Waals surface area contributed by atoms with Crippen LogP contribution >= 0.6 is 11.3 Å². The number of halogens is 1. The molecule has 0 spiro atoms. The molecule has 2 aromatic carbocycles. The summed E-state index contributed by atoms with van der Waals surface area (Å²) in [5, 5.41) is 0.835. The molecule has 2 heterocycles. The van der Waals surface area contributed by atoms with Crippen molar-refractivity contribution in [3.05, 3.63) is 76.9 Å². The van der Waals surface area contributed by atoms with Gasteiger partial charge in [-0.05, 0) is 43.7 Å². The first kappa shape index (κ1) is 23.0. The molecule has 0 atom stereocenters. The minimum atomic E-state index is -3.97. The van der Waals surface area contributed by atoms with Gasteiger partial charge in [0.1, 0.15) is 5.82 Å². The SMILES string of the molecule is Cc1nccc(-c2sc(C(C)C)nc2-c2cccc(NS(=O)(=O)c3ccccc3C)c2F)n1. The number of thiazole rings is 1. The number of aryl methyl sites for hydroxylation is 2. The van der Waals surface area contributed by atoms with Crippen LogP contribution in [0.4, 0.5) is 10.1 Å². The van der Waals surface area contributed by atoms with Crippen molar-refractivity contribution in [2.24, 2.45) is 0 Å². The van der Waals surface area contributed by atoms with Gasteiger partial charge in [0, 0.05) is 17.7 Å². The molecule has 0 fully saturated rings. The van der Waals surface area contributed by atoms with Gasteiger partial charge >= 0.3 is 0 Å². The molecule has 4 aromatic rings. The molecule has 0 radical (unpaired) electrons. The molecule has 9 heteroatoms. The summed E-state index contributed by atoms with van der Waals surface area (Å²) in [6.45, 7) is 7.51. The molecule has 170 valence electrons. The van der Waals surface area contributed by atoms with Gasteiger partial charge in [-0.3, -0.25) is 4.72 Å². The topological polar surface area (TPSA) is 84.8 Å². The number of hydrogen-bond acceptors (Lipinski definition) is 6. The lowest BCUT2D eigenvalue weighted by Crippen LogP contribution is -2.15. The van der Waals surface area contributed by atoms with E-state index < -0.39 is 15.8 Å². The van der Waals surface area contributed by atoms with E-state index in [-0.39, 0.29) is 22.1 Å². The number of nitrogens with one attached hydrogen (secondary N) is 1. The molecular formula is C24H23FN4O2S2. The normalized spacial score (nSPS) is 11.7. The van der Waals surface area contributed by atoms with E-state index in [0.717, 1.165) is 5.01 Å². The number of nitrogens with zero attached hydrogens (tertiary/aromatic N) is 3. The standard InChI is InChI=1S/C24H23FN4O2S2/c1-14(2)24-28-22(23(32-24)19-12-13-26-16(4)27-19)17-9-7-10-18(21(17)25)29-33(30,31)20-11-6-5-8-15(20)3/h5-14,29H,1-4H3. The number of sulfonamides is 1. The molecule has 0 aliphatic heterocycles. The van der Waals surface area contributed by atoms with E-state index in [4.69, 9.17) is 4.98 Å². The highest BCUT2D eigenvalue weighted by Gasteiger charge is 2.24. The van der Waals surface area contributed by atoms with Gasteiger partial charge in [-0.2, -0.15) is 0 Å². The Bertz CT molecular complexity index is 1430. The minimum Gasteiger partial charge on any atom is -0.277 e. The van der Waals surface area contributed by atoms with E-state index in [0.29, 0.717) is 27.7 Å². The lowest BCUT2D eigenvalue weighted by molar-refractivity contribution is 0.598. The average Bonchev–Trinajstić information content (AvgIpc) is 3.21. The molecule has 0 saturated carbocycles. The molecule has 33 heavy (non-hydrogen) atoms. The summed E-state index contributed by atoms with van der Waals surface area (Å²) in [5.41, 5.74) is 1.71. The third kappa shape index (κ3) is 4.65. The maximum absolute atomic E-state index is 15.7. The van der Waals surface area contributed by atoms with E-state index in [1.807, 2.05) is 13.8 Å². The highest BCUT2D eigenvalue weighted by Crippen LogP contribution is 2.40. The third-order valence-electron chi connectivity index (χ3n) is 5.03. The van der Waals surface area contributed by atoms with Crippen LogP contribution in [0.2, 0.25) is 0 Å². The molecule has 1 N–H and O–H groups in total. The molecule has 0 aliphatic carbocycles. The summed E-state index contributed by atoms with van der Waals surface area (Å²) < 4.78 is 44.0. The summed E-state index contributed by atoms with van der Waals surface area (Å²) in [6.07, 6.45) is 1.65. The van der Waals surface area contributed by atoms with Crippen molar-refractivity contribution in [1.82, 2.24) is 15.0 Å². The summed E-state index contributed by atoms with van der Waals surface area (Å²) in [4.78, 5) is 14.1. The second-order valence-electron chi connectivity index (χ2n) is 7.91. The fourth-order valence-corrected chi connectivity index (χ4v) is 5.73. The van der Waals surface area contributed by atoms with Crippen LogP contribution in [0.5, 0.6) is 0 Å². The number of aromatic nitrogens is 3. The number of anilines is 1. The van der Waals surface area contributed by atoms with Gasteiger partial charge in [-0.1, -0.05) is 38.1 Å². The van der Waals surface area contributed by atoms with Gasteiger partial charge in [-0.15, -0.1) is 11.3 Å². The Balaban J connectivity index is 1.82. The Morgan fingerprint density at radius 3 is 2.45 bits per heavy atom. The molecule has 4 rings (SSSR count). The van der Waals surface area contributed by atoms with Crippen molar-refractivity contribution in [3.63, 3.8) is 0 Å². The number of hydrogen-bond donors (Lipinski definition) is 1. The van der Waals surface area contributed by atoms with Crippen LogP contribution in [0.1, 0.15) is 36.2 Å². The Labute approximate surface area is 196 Å². The smallest absolute Gasteiger partial charge is 0.262 e. The predicted octanol–water partition coefficient (Wildman–Crippen LogP) is 5.95. The molecule has 0 bridgehead atoms. The van der Waals surface area contributed by atoms with Crippen LogP contribution in [0.15, 0.2) is 59.6 Å². The molecule has 0 amide bonds. The van der Waals surface area contributed by atoms with Crippen LogP contribution in [0, 0.1) is 19.7 Å². The zero-order valence-electron chi connectivity index (χ0n) is 18.6. The fourth-order valence-electron chi connectivity index (χ4n) is 3.37. The zero-order valence-corrected chi connectivity index (χ0v) is 20.3. The zero-order chi connectivity index (χ0) is 23.8. The Morgan fingerprint density at radius 1 is 1.00 bits per heavy atom. The van der Waals surface area contributed by atoms with Gasteiger partial charge in [0.05, 0.1) is 31.9 Å². The summed E-state index contributed by atoms with van der Waals surface area (Å²) in [7, 11) is -3.97. The third-order valence-corrected chi connectivity index (χ3v) is 7.93. The molecule has 0 unspecified atom stereocenters. The highest BCUT2D eigenvalue weighted by atomic mass is 32.2. The second kappa shape index (κ2) is 8.99. The number of benzene rings is 2. The van der Waals surface area contributed by atoms with Crippen molar-refractivity contribution in [3.8, 4) is 21.8 Å². The highest BCUT2D eigenvalue weighted by molar-refractivity contribution is 7.92. The summed E-state index contributed by atoms with van der Waals surface area (Å²) >= 11 is 1.44. The van der Waals surface area contributed by atoms with Crippen LogP contribution in [0.25, 0.3) is 21.8 Å². The van der Waals surface area contributed by atoms with Crippen LogP contribution in [0.3, 0.4) is 0 Å². The van der Waals surface area contributed by atoms with Gasteiger partial charge in [-0.25, -0.2) is 27.8 Å². The molecule has 2 aromatic heterocycles. The van der Waals surface area contributed by atoms with Gasteiger partial charge in [0.15, 0.2) is 5.82 Å². The van der Waals surface area contributed by atoms with E-state index >= 15 is 4.39 Å². The van der Waals surface area contributed by atoms with E-state index in [1.165, 1.54) is 23.5 Å². The van der Waals surface area contributed by atoms with E-state index in [1.54, 1.807) is 56.4 Å². The second-order valence-corrected chi connectivity index (χ2v) is 10.6. The molecule has 6 nitrogen and oxygen atoms in total. The van der Waals surface area contributed by atoms with Crippen molar-refractivity contribution in [1.29, 1.82) is 0 Å². The van der Waals surface area contributed by atoms with Gasteiger partial charge < -0.3 is 0 Å². The minimum absolute atomic E-state index is 0.0997. The fraction of sp³-hybridized carbons (Fsp3) is 0.208. The molecular weight excluding hydrogens is 459 g/mol. The predicted molar refractivity (Wildman–Crippen MR) is 129 cm³/mol. The van der Waals surface area contributed by atoms with Crippen LogP contribution < -0.4 is 4.72 Å². The first-order valence-corrected chi connectivity index (χ1v) is 12.7. The quantitative estimate of drug-likeness (QED) is 0.367.